The summed E-state index contributed by atoms with van der Waals surface area (Å²) in [7, 11) is 0. The minimum absolute atomic E-state index is 0.383. The lowest BCUT2D eigenvalue weighted by atomic mass is 9.73. The quantitative estimate of drug-likeness (QED) is 0.157. The average Bonchev–Trinajstić information content (AvgIpc) is 3.24. The van der Waals surface area contributed by atoms with Crippen LogP contribution in [-0.2, 0) is 5.41 Å². The number of rotatable bonds is 8. The van der Waals surface area contributed by atoms with Crippen LogP contribution in [0, 0.1) is 0 Å². The van der Waals surface area contributed by atoms with Gasteiger partial charge in [-0.1, -0.05) is 80.6 Å². The lowest BCUT2D eigenvalue weighted by Gasteiger charge is -2.43. The molecule has 0 saturated heterocycles. The molecule has 0 unspecified atom stereocenters. The first-order valence-corrected chi connectivity index (χ1v) is 18.2. The van der Waals surface area contributed by atoms with Gasteiger partial charge in [0.25, 0.3) is 0 Å². The third-order valence-corrected chi connectivity index (χ3v) is 10.3. The molecule has 0 spiro atoms. The lowest BCUT2D eigenvalue weighted by molar-refractivity contribution is 0.632. The van der Waals surface area contributed by atoms with Crippen LogP contribution in [0.1, 0.15) is 25.0 Å². The maximum Gasteiger partial charge on any atom is 0.0703 e. The standard InChI is InChI=1S/C48H38N6/c1-48(2)43-32-40(52(36-14-8-4-9-15-36)38-24-28-49-29-25-38)19-22-46(43)54(42-18-21-45(51-34-42)35-12-6-3-7-13-35)47-23-20-41(33-44(47)48)53(37-16-10-5-11-17-37)39-26-30-50-31-27-39/h3-34H,1-2H3. The van der Waals surface area contributed by atoms with Crippen molar-refractivity contribution >= 4 is 51.2 Å². The summed E-state index contributed by atoms with van der Waals surface area (Å²) in [5.41, 5.74) is 13.7. The van der Waals surface area contributed by atoms with Crippen LogP contribution in [0.5, 0.6) is 0 Å². The van der Waals surface area contributed by atoms with Crippen LogP contribution in [0.2, 0.25) is 0 Å². The number of para-hydroxylation sites is 2. The van der Waals surface area contributed by atoms with E-state index < -0.39 is 0 Å². The number of hydrogen-bond acceptors (Lipinski definition) is 6. The van der Waals surface area contributed by atoms with Gasteiger partial charge in [-0.2, -0.15) is 0 Å². The van der Waals surface area contributed by atoms with E-state index in [1.165, 1.54) is 11.1 Å². The third kappa shape index (κ3) is 5.94. The van der Waals surface area contributed by atoms with Crippen molar-refractivity contribution in [3.63, 3.8) is 0 Å². The molecule has 6 nitrogen and oxygen atoms in total. The fourth-order valence-electron chi connectivity index (χ4n) is 7.60. The first kappa shape index (κ1) is 32.8. The number of aromatic nitrogens is 3. The molecule has 5 aromatic carbocycles. The second-order valence-corrected chi connectivity index (χ2v) is 13.9. The predicted octanol–water partition coefficient (Wildman–Crippen LogP) is 12.6. The van der Waals surface area contributed by atoms with Crippen molar-refractivity contribution in [2.75, 3.05) is 14.7 Å². The predicted molar refractivity (Wildman–Crippen MR) is 221 cm³/mol. The molecular weight excluding hydrogens is 661 g/mol. The van der Waals surface area contributed by atoms with Gasteiger partial charge < -0.3 is 14.7 Å². The van der Waals surface area contributed by atoms with Gasteiger partial charge >= 0.3 is 0 Å². The summed E-state index contributed by atoms with van der Waals surface area (Å²) < 4.78 is 0. The van der Waals surface area contributed by atoms with Crippen molar-refractivity contribution in [3.05, 3.63) is 206 Å². The monoisotopic (exact) mass is 698 g/mol. The molecule has 0 atom stereocenters. The minimum atomic E-state index is -0.383. The molecule has 0 N–H and O–H groups in total. The van der Waals surface area contributed by atoms with Crippen molar-refractivity contribution in [2.45, 2.75) is 19.3 Å². The van der Waals surface area contributed by atoms with Crippen molar-refractivity contribution in [1.82, 2.24) is 15.0 Å². The number of fused-ring (bicyclic) bond motifs is 2. The van der Waals surface area contributed by atoms with Gasteiger partial charge in [-0.05, 0) is 108 Å². The molecule has 6 heteroatoms. The van der Waals surface area contributed by atoms with E-state index in [1.54, 1.807) is 0 Å². The average molecular weight is 699 g/mol. The van der Waals surface area contributed by atoms with Crippen molar-refractivity contribution in [1.29, 1.82) is 0 Å². The van der Waals surface area contributed by atoms with Crippen LogP contribution in [0.3, 0.4) is 0 Å². The van der Waals surface area contributed by atoms with Gasteiger partial charge in [0.15, 0.2) is 0 Å². The highest BCUT2D eigenvalue weighted by Gasteiger charge is 2.38. The molecule has 1 aliphatic heterocycles. The van der Waals surface area contributed by atoms with Crippen LogP contribution in [0.15, 0.2) is 195 Å². The van der Waals surface area contributed by atoms with E-state index in [1.807, 2.05) is 37.1 Å². The van der Waals surface area contributed by atoms with Gasteiger partial charge in [0.05, 0.1) is 29.0 Å². The maximum atomic E-state index is 4.99. The molecule has 0 fully saturated rings. The van der Waals surface area contributed by atoms with Gasteiger partial charge in [-0.3, -0.25) is 15.0 Å². The molecule has 1 aliphatic rings. The Kier molecular flexibility index (Phi) is 8.40. The Balaban J connectivity index is 1.24. The number of hydrogen-bond donors (Lipinski definition) is 0. The van der Waals surface area contributed by atoms with Gasteiger partial charge in [0.2, 0.25) is 0 Å². The van der Waals surface area contributed by atoms with Crippen LogP contribution in [-0.4, -0.2) is 15.0 Å². The molecule has 0 bridgehead atoms. The van der Waals surface area contributed by atoms with Crippen LogP contribution < -0.4 is 14.7 Å². The Labute approximate surface area is 316 Å². The Morgan fingerprint density at radius 1 is 0.444 bits per heavy atom. The summed E-state index contributed by atoms with van der Waals surface area (Å²) >= 11 is 0. The van der Waals surface area contributed by atoms with Gasteiger partial charge in [0, 0.05) is 69.9 Å². The van der Waals surface area contributed by atoms with Gasteiger partial charge in [-0.25, -0.2) is 0 Å². The highest BCUT2D eigenvalue weighted by Crippen LogP contribution is 2.54. The van der Waals surface area contributed by atoms with Crippen molar-refractivity contribution in [2.24, 2.45) is 0 Å². The fourth-order valence-corrected chi connectivity index (χ4v) is 7.60. The van der Waals surface area contributed by atoms with Crippen LogP contribution >= 0.6 is 0 Å². The molecule has 4 heterocycles. The van der Waals surface area contributed by atoms with Gasteiger partial charge in [0.1, 0.15) is 0 Å². The summed E-state index contributed by atoms with van der Waals surface area (Å²) in [4.78, 5) is 20.6. The Hall–Kier alpha value is -7.05. The normalized spacial score (nSPS) is 12.7. The van der Waals surface area contributed by atoms with Crippen LogP contribution in [0.25, 0.3) is 11.3 Å². The number of benzene rings is 5. The molecule has 3 aromatic heterocycles. The van der Waals surface area contributed by atoms with E-state index in [-0.39, 0.29) is 5.41 Å². The third-order valence-electron chi connectivity index (χ3n) is 10.3. The Morgan fingerprint density at radius 3 is 1.33 bits per heavy atom. The molecule has 8 aromatic rings. The summed E-state index contributed by atoms with van der Waals surface area (Å²) in [6.07, 6.45) is 9.39. The van der Waals surface area contributed by atoms with Crippen molar-refractivity contribution in [3.8, 4) is 11.3 Å². The summed E-state index contributed by atoms with van der Waals surface area (Å²) in [6, 6.07) is 57.6. The zero-order chi connectivity index (χ0) is 36.5. The summed E-state index contributed by atoms with van der Waals surface area (Å²) in [5.74, 6) is 0. The molecule has 0 saturated carbocycles. The van der Waals surface area contributed by atoms with E-state index in [4.69, 9.17) is 4.98 Å². The Bertz CT molecular complexity index is 2290. The van der Waals surface area contributed by atoms with E-state index >= 15 is 0 Å². The number of anilines is 9. The molecule has 260 valence electrons. The fraction of sp³-hybridized carbons (Fsp3) is 0.0625. The highest BCUT2D eigenvalue weighted by molar-refractivity contribution is 5.90. The second kappa shape index (κ2) is 13.8. The first-order chi connectivity index (χ1) is 26.6. The van der Waals surface area contributed by atoms with E-state index in [9.17, 15) is 0 Å². The van der Waals surface area contributed by atoms with E-state index in [0.29, 0.717) is 0 Å². The van der Waals surface area contributed by atoms with Crippen molar-refractivity contribution < 1.29 is 0 Å². The molecule has 9 rings (SSSR count). The zero-order valence-electron chi connectivity index (χ0n) is 30.2. The lowest BCUT2D eigenvalue weighted by Crippen LogP contribution is -2.31. The molecular formula is C48H38N6. The summed E-state index contributed by atoms with van der Waals surface area (Å²) in [5, 5.41) is 0. The highest BCUT2D eigenvalue weighted by atomic mass is 15.2. The van der Waals surface area contributed by atoms with E-state index in [2.05, 4.69) is 196 Å². The maximum absolute atomic E-state index is 4.99. The molecule has 0 aliphatic carbocycles. The number of nitrogens with zero attached hydrogens (tertiary/aromatic N) is 6. The van der Waals surface area contributed by atoms with E-state index in [0.717, 1.165) is 62.4 Å². The molecule has 0 radical (unpaired) electrons. The summed E-state index contributed by atoms with van der Waals surface area (Å²) in [6.45, 7) is 4.68. The SMILES string of the molecule is CC1(C)c2cc(N(c3ccccc3)c3ccncc3)ccc2N(c2ccc(-c3ccccc3)nc2)c2ccc(N(c3ccccc3)c3ccncc3)cc21. The smallest absolute Gasteiger partial charge is 0.0703 e. The number of pyridine rings is 3. The molecule has 0 amide bonds. The second-order valence-electron chi connectivity index (χ2n) is 13.9. The zero-order valence-corrected chi connectivity index (χ0v) is 30.2. The van der Waals surface area contributed by atoms with Crippen LogP contribution in [0.4, 0.5) is 51.2 Å². The Morgan fingerprint density at radius 2 is 0.889 bits per heavy atom. The first-order valence-electron chi connectivity index (χ1n) is 18.2. The minimum Gasteiger partial charge on any atom is -0.310 e. The van der Waals surface area contributed by atoms with Gasteiger partial charge in [-0.15, -0.1) is 0 Å². The molecule has 54 heavy (non-hydrogen) atoms. The largest absolute Gasteiger partial charge is 0.310 e. The topological polar surface area (TPSA) is 48.4 Å².